The molecule has 0 nitrogen and oxygen atoms in total. The molecule has 0 amide bonds. The Labute approximate surface area is 259 Å². The molecular weight excluding hydrogens is 611 g/mol. The van der Waals surface area contributed by atoms with E-state index in [2.05, 4.69) is 111 Å². The maximum absolute atomic E-state index is 2.48. The normalized spacial score (nSPS) is 15.9. The van der Waals surface area contributed by atoms with Crippen LogP contribution in [0.2, 0.25) is 12.1 Å². The van der Waals surface area contributed by atoms with Gasteiger partial charge in [0.2, 0.25) is 0 Å². The number of benzene rings is 4. The van der Waals surface area contributed by atoms with Crippen LogP contribution in [0.3, 0.4) is 0 Å². The Morgan fingerprint density at radius 2 is 0.949 bits per heavy atom. The predicted molar refractivity (Wildman–Crippen MR) is 161 cm³/mol. The van der Waals surface area contributed by atoms with Crippen molar-refractivity contribution in [3.8, 4) is 0 Å². The van der Waals surface area contributed by atoms with Crippen molar-refractivity contribution in [2.45, 2.75) is 45.2 Å². The van der Waals surface area contributed by atoms with Crippen LogP contribution in [-0.4, -0.2) is 9.52 Å². The van der Waals surface area contributed by atoms with Crippen LogP contribution in [0.1, 0.15) is 44.2 Å². The zero-order chi connectivity index (χ0) is 25.2. The van der Waals surface area contributed by atoms with E-state index in [1.165, 1.54) is 55.0 Å². The molecule has 39 heavy (non-hydrogen) atoms. The van der Waals surface area contributed by atoms with Crippen molar-refractivity contribution in [2.75, 3.05) is 0 Å². The second kappa shape index (κ2) is 13.6. The van der Waals surface area contributed by atoms with Crippen LogP contribution in [0.15, 0.2) is 115 Å². The van der Waals surface area contributed by atoms with Gasteiger partial charge in [0.05, 0.1) is 0 Å². The minimum Gasteiger partial charge on any atom is -1.00 e. The summed E-state index contributed by atoms with van der Waals surface area (Å²) in [6.45, 7) is 4.72. The summed E-state index contributed by atoms with van der Waals surface area (Å²) in [6.07, 6.45) is 8.80. The minimum absolute atomic E-state index is 0. The van der Waals surface area contributed by atoms with Crippen molar-refractivity contribution in [3.63, 3.8) is 0 Å². The van der Waals surface area contributed by atoms with Crippen LogP contribution in [0.4, 0.5) is 0 Å². The van der Waals surface area contributed by atoms with Gasteiger partial charge in [-0.15, -0.1) is 0 Å². The molecule has 0 saturated carbocycles. The number of halogens is 2. The molecule has 1 fully saturated rings. The van der Waals surface area contributed by atoms with Crippen molar-refractivity contribution < 1.29 is 48.0 Å². The number of hydrogen-bond donors (Lipinski definition) is 0. The summed E-state index contributed by atoms with van der Waals surface area (Å²) in [7, 11) is 0.605. The Morgan fingerprint density at radius 1 is 0.564 bits per heavy atom. The first-order valence-electron chi connectivity index (χ1n) is 13.7. The fourth-order valence-corrected chi connectivity index (χ4v) is 9.59. The van der Waals surface area contributed by atoms with E-state index in [9.17, 15) is 0 Å². The second-order valence-electron chi connectivity index (χ2n) is 10.4. The first-order valence-corrected chi connectivity index (χ1v) is 18.2. The summed E-state index contributed by atoms with van der Waals surface area (Å²) in [4.78, 5) is 0. The van der Waals surface area contributed by atoms with Crippen molar-refractivity contribution in [3.05, 3.63) is 126 Å². The van der Waals surface area contributed by atoms with Gasteiger partial charge >= 0.3 is 209 Å². The molecule has 0 aromatic heterocycles. The van der Waals surface area contributed by atoms with Crippen LogP contribution in [0, 0.1) is 0 Å². The van der Waals surface area contributed by atoms with Gasteiger partial charge in [-0.2, -0.15) is 0 Å². The zero-order valence-electron chi connectivity index (χ0n) is 22.7. The van der Waals surface area contributed by atoms with Crippen molar-refractivity contribution >= 4 is 42.2 Å². The van der Waals surface area contributed by atoms with E-state index < -0.39 is 23.2 Å². The fourth-order valence-electron chi connectivity index (χ4n) is 5.61. The first-order chi connectivity index (χ1) is 18.2. The standard InChI is InChI=1S/2C16H13.C3H8Si.2ClH.Zr/c2*1-12-6-4-10-14(12)16-11-5-8-13-7-2-3-9-15(13)16;1-2-4-3-1;;;/h2*2-3,5,7-11H,4H2,1H3;1-4H2;2*1H;/q;;;;;+2/p-2. The van der Waals surface area contributed by atoms with Gasteiger partial charge in [0.25, 0.3) is 0 Å². The van der Waals surface area contributed by atoms with E-state index in [4.69, 9.17) is 0 Å². The van der Waals surface area contributed by atoms with Crippen LogP contribution in [0.5, 0.6) is 0 Å². The molecule has 0 unspecified atom stereocenters. The summed E-state index contributed by atoms with van der Waals surface area (Å²) in [6, 6.07) is 34.3. The third-order valence-electron chi connectivity index (χ3n) is 8.20. The molecular formula is C35H34Cl2SiZr. The van der Waals surface area contributed by atoms with Gasteiger partial charge in [-0.05, 0) is 0 Å². The predicted octanol–water partition coefficient (Wildman–Crippen LogP) is 3.30. The third-order valence-corrected chi connectivity index (χ3v) is 14.5. The van der Waals surface area contributed by atoms with Gasteiger partial charge in [-0.1, -0.05) is 18.5 Å². The molecule has 1 aliphatic heterocycles. The molecule has 0 radical (unpaired) electrons. The monoisotopic (exact) mass is 642 g/mol. The van der Waals surface area contributed by atoms with Crippen LogP contribution < -0.4 is 24.8 Å². The average Bonchev–Trinajstić information content (AvgIpc) is 3.44. The molecule has 7 rings (SSSR count). The van der Waals surface area contributed by atoms with Gasteiger partial charge in [0.1, 0.15) is 0 Å². The smallest absolute Gasteiger partial charge is 1.00 e. The summed E-state index contributed by atoms with van der Waals surface area (Å²) < 4.78 is 3.48. The van der Waals surface area contributed by atoms with Gasteiger partial charge < -0.3 is 24.8 Å². The maximum atomic E-state index is 2.48. The van der Waals surface area contributed by atoms with E-state index in [0.717, 1.165) is 12.8 Å². The number of allylic oxidation sites excluding steroid dienone is 8. The Bertz CT molecular complexity index is 1490. The maximum Gasteiger partial charge on any atom is -1.00 e. The minimum atomic E-state index is -0.794. The van der Waals surface area contributed by atoms with E-state index in [-0.39, 0.29) is 24.8 Å². The SMILES string of the molecule is C1C[SiH2]C1.CC1=[C]([Zr+2][C]2=C(C)C(c3cccc4ccccc34)=CC2)CC=C1c1cccc2ccccc12.[Cl-].[Cl-]. The third kappa shape index (κ3) is 6.20. The van der Waals surface area contributed by atoms with E-state index in [1.807, 2.05) is 0 Å². The van der Waals surface area contributed by atoms with Gasteiger partial charge in [0, 0.05) is 9.52 Å². The topological polar surface area (TPSA) is 0 Å². The van der Waals surface area contributed by atoms with Crippen molar-refractivity contribution in [2.24, 2.45) is 0 Å². The number of rotatable bonds is 4. The molecule has 1 heterocycles. The number of hydrogen-bond acceptors (Lipinski definition) is 0. The molecule has 1 saturated heterocycles. The molecule has 2 aliphatic carbocycles. The van der Waals surface area contributed by atoms with Gasteiger partial charge in [-0.25, -0.2) is 0 Å². The molecule has 196 valence electrons. The summed E-state index contributed by atoms with van der Waals surface area (Å²) >= 11 is -0.794. The van der Waals surface area contributed by atoms with Crippen LogP contribution in [0.25, 0.3) is 32.7 Å². The Morgan fingerprint density at radius 3 is 1.36 bits per heavy atom. The largest absolute Gasteiger partial charge is 1.00 e. The summed E-state index contributed by atoms with van der Waals surface area (Å²) in [5.41, 5.74) is 8.79. The fraction of sp³-hybridized carbons (Fsp3) is 0.200. The first kappa shape index (κ1) is 30.0. The molecule has 4 aromatic carbocycles. The van der Waals surface area contributed by atoms with Crippen molar-refractivity contribution in [1.82, 2.24) is 0 Å². The van der Waals surface area contributed by atoms with E-state index >= 15 is 0 Å². The molecule has 4 heteroatoms. The summed E-state index contributed by atoms with van der Waals surface area (Å²) in [5, 5.41) is 5.40. The van der Waals surface area contributed by atoms with E-state index in [0.29, 0.717) is 9.52 Å². The van der Waals surface area contributed by atoms with E-state index in [1.54, 1.807) is 25.1 Å². The summed E-state index contributed by atoms with van der Waals surface area (Å²) in [5.74, 6) is 0. The molecule has 0 N–H and O–H groups in total. The molecule has 3 aliphatic rings. The van der Waals surface area contributed by atoms with Gasteiger partial charge in [-0.3, -0.25) is 0 Å². The number of fused-ring (bicyclic) bond motifs is 2. The Hall–Kier alpha value is -1.96. The zero-order valence-corrected chi connectivity index (χ0v) is 28.1. The Kier molecular flexibility index (Phi) is 10.5. The molecule has 0 bridgehead atoms. The van der Waals surface area contributed by atoms with Crippen LogP contribution >= 0.6 is 0 Å². The molecule has 4 aromatic rings. The molecule has 0 spiro atoms. The Balaban J connectivity index is 0.000000542. The van der Waals surface area contributed by atoms with Gasteiger partial charge in [0.15, 0.2) is 0 Å². The molecule has 0 atom stereocenters. The quantitative estimate of drug-likeness (QED) is 0.300. The van der Waals surface area contributed by atoms with Crippen molar-refractivity contribution in [1.29, 1.82) is 0 Å². The van der Waals surface area contributed by atoms with Crippen LogP contribution in [-0.2, 0) is 23.2 Å². The average molecular weight is 645 g/mol. The second-order valence-corrected chi connectivity index (χ2v) is 16.1.